The van der Waals surface area contributed by atoms with Crippen LogP contribution in [0.5, 0.6) is 5.75 Å². The van der Waals surface area contributed by atoms with Crippen LogP contribution in [0.2, 0.25) is 5.02 Å². The normalized spacial score (nSPS) is 24.0. The molecule has 4 rings (SSSR count). The Balaban J connectivity index is 1.53. The van der Waals surface area contributed by atoms with E-state index in [0.29, 0.717) is 29.3 Å². The molecule has 0 saturated carbocycles. The van der Waals surface area contributed by atoms with Gasteiger partial charge in [0, 0.05) is 24.3 Å². The van der Waals surface area contributed by atoms with E-state index in [2.05, 4.69) is 20.4 Å². The van der Waals surface area contributed by atoms with Gasteiger partial charge in [-0.15, -0.1) is 0 Å². The van der Waals surface area contributed by atoms with Crippen LogP contribution in [0.25, 0.3) is 0 Å². The van der Waals surface area contributed by atoms with Gasteiger partial charge in [0.1, 0.15) is 24.5 Å². The van der Waals surface area contributed by atoms with Gasteiger partial charge in [-0.05, 0) is 31.0 Å². The first-order valence-electron chi connectivity index (χ1n) is 8.32. The van der Waals surface area contributed by atoms with Gasteiger partial charge in [0.25, 0.3) is 0 Å². The molecule has 25 heavy (non-hydrogen) atoms. The summed E-state index contributed by atoms with van der Waals surface area (Å²) in [5.41, 5.74) is 11.3. The highest BCUT2D eigenvalue weighted by Crippen LogP contribution is 2.29. The van der Waals surface area contributed by atoms with Crippen LogP contribution in [0.1, 0.15) is 12.8 Å². The summed E-state index contributed by atoms with van der Waals surface area (Å²) >= 11 is 6.01. The summed E-state index contributed by atoms with van der Waals surface area (Å²) in [6.07, 6.45) is 3.26. The van der Waals surface area contributed by atoms with Gasteiger partial charge in [-0.25, -0.2) is 9.98 Å². The fraction of sp³-hybridized carbons (Fsp3) is 0.412. The molecule has 0 bridgehead atoms. The zero-order chi connectivity index (χ0) is 17.2. The van der Waals surface area contributed by atoms with Gasteiger partial charge in [0.05, 0.1) is 11.3 Å². The number of hydrogen-bond acceptors (Lipinski definition) is 7. The number of nitrogens with zero attached hydrogens (tertiary/aromatic N) is 3. The Hall–Kier alpha value is -2.09. The first-order chi connectivity index (χ1) is 12.2. The fourth-order valence-corrected chi connectivity index (χ4v) is 3.49. The minimum atomic E-state index is -0.168. The van der Waals surface area contributed by atoms with E-state index in [0.717, 1.165) is 37.3 Å². The fourth-order valence-electron chi connectivity index (χ4n) is 3.31. The highest BCUT2D eigenvalue weighted by atomic mass is 35.5. The molecule has 0 aliphatic carbocycles. The van der Waals surface area contributed by atoms with Crippen molar-refractivity contribution in [3.63, 3.8) is 0 Å². The molecule has 8 heteroatoms. The second-order valence-corrected chi connectivity index (χ2v) is 6.59. The summed E-state index contributed by atoms with van der Waals surface area (Å²) in [5.74, 6) is 1.19. The molecular weight excluding hydrogens is 342 g/mol. The third kappa shape index (κ3) is 3.35. The lowest BCUT2D eigenvalue weighted by atomic mass is 10.1. The Labute approximate surface area is 151 Å². The molecule has 1 atom stereocenters. The number of hydrazine groups is 1. The molecule has 7 nitrogen and oxygen atoms in total. The Kier molecular flexibility index (Phi) is 4.61. The molecule has 3 aliphatic heterocycles. The van der Waals surface area contributed by atoms with E-state index >= 15 is 0 Å². The first kappa shape index (κ1) is 16.4. The molecule has 3 N–H and O–H groups in total. The summed E-state index contributed by atoms with van der Waals surface area (Å²) in [5, 5.41) is 2.78. The van der Waals surface area contributed by atoms with Crippen LogP contribution in [0.4, 0.5) is 0 Å². The van der Waals surface area contributed by atoms with Crippen molar-refractivity contribution in [2.75, 3.05) is 19.8 Å². The molecular formula is C17H20ClN5O2. The van der Waals surface area contributed by atoms with Gasteiger partial charge in [-0.1, -0.05) is 17.7 Å². The highest BCUT2D eigenvalue weighted by Gasteiger charge is 2.40. The zero-order valence-corrected chi connectivity index (χ0v) is 14.4. The number of halogens is 1. The first-order valence-corrected chi connectivity index (χ1v) is 8.69. The maximum Gasteiger partial charge on any atom is 0.152 e. The van der Waals surface area contributed by atoms with E-state index in [1.165, 1.54) is 6.34 Å². The van der Waals surface area contributed by atoms with Crippen molar-refractivity contribution in [3.8, 4) is 5.75 Å². The lowest BCUT2D eigenvalue weighted by molar-refractivity contribution is 0.0123. The van der Waals surface area contributed by atoms with Crippen LogP contribution in [0, 0.1) is 0 Å². The predicted octanol–water partition coefficient (Wildman–Crippen LogP) is 1.70. The maximum absolute atomic E-state index is 6.13. The zero-order valence-electron chi connectivity index (χ0n) is 13.7. The van der Waals surface area contributed by atoms with Crippen LogP contribution in [-0.4, -0.2) is 49.2 Å². The number of nitrogens with two attached hydrogens (primary N) is 1. The summed E-state index contributed by atoms with van der Waals surface area (Å²) in [4.78, 5) is 8.66. The number of nitrogens with one attached hydrogen (secondary N) is 1. The highest BCUT2D eigenvalue weighted by molar-refractivity contribution is 6.30. The van der Waals surface area contributed by atoms with Crippen molar-refractivity contribution >= 4 is 23.8 Å². The van der Waals surface area contributed by atoms with Gasteiger partial charge >= 0.3 is 0 Å². The SMILES string of the molecule is NC1=NC=NC2C1=C(COc1cccc(Cl)c1)NN2C1CCOCC1. The number of amidine groups is 1. The van der Waals surface area contributed by atoms with E-state index in [9.17, 15) is 0 Å². The van der Waals surface area contributed by atoms with E-state index in [4.69, 9.17) is 26.8 Å². The van der Waals surface area contributed by atoms with E-state index in [1.54, 1.807) is 6.07 Å². The number of ether oxygens (including phenoxy) is 2. The quantitative estimate of drug-likeness (QED) is 0.852. The van der Waals surface area contributed by atoms with Gasteiger partial charge in [0.15, 0.2) is 6.17 Å². The van der Waals surface area contributed by atoms with E-state index < -0.39 is 0 Å². The molecule has 132 valence electrons. The minimum absolute atomic E-state index is 0.168. The second-order valence-electron chi connectivity index (χ2n) is 6.15. The average Bonchev–Trinajstić information content (AvgIpc) is 3.01. The van der Waals surface area contributed by atoms with Crippen molar-refractivity contribution in [3.05, 3.63) is 40.6 Å². The molecule has 1 aromatic carbocycles. The van der Waals surface area contributed by atoms with Crippen LogP contribution < -0.4 is 15.9 Å². The van der Waals surface area contributed by atoms with Crippen molar-refractivity contribution in [1.82, 2.24) is 10.4 Å². The van der Waals surface area contributed by atoms with Gasteiger partial charge in [0.2, 0.25) is 0 Å². The lowest BCUT2D eigenvalue weighted by Gasteiger charge is -2.34. The Morgan fingerprint density at radius 3 is 3.00 bits per heavy atom. The van der Waals surface area contributed by atoms with Crippen LogP contribution in [-0.2, 0) is 4.74 Å². The van der Waals surface area contributed by atoms with Gasteiger partial charge < -0.3 is 20.6 Å². The molecule has 3 heterocycles. The Bertz CT molecular complexity index is 742. The van der Waals surface area contributed by atoms with Crippen molar-refractivity contribution in [1.29, 1.82) is 0 Å². The summed E-state index contributed by atoms with van der Waals surface area (Å²) in [6, 6.07) is 7.66. The average molecular weight is 362 g/mol. The van der Waals surface area contributed by atoms with E-state index in [1.807, 2.05) is 18.2 Å². The van der Waals surface area contributed by atoms with Gasteiger partial charge in [-0.3, -0.25) is 0 Å². The monoisotopic (exact) mass is 361 g/mol. The second kappa shape index (κ2) is 7.03. The molecule has 0 aromatic heterocycles. The molecule has 1 fully saturated rings. The standard InChI is InChI=1S/C17H20ClN5O2/c18-11-2-1-3-13(8-11)25-9-14-15-16(19)20-10-21-17(15)23(22-14)12-4-6-24-7-5-12/h1-3,8,10,12,17,22H,4-7,9H2,(H2,19,20,21). The predicted molar refractivity (Wildman–Crippen MR) is 96.7 cm³/mol. The van der Waals surface area contributed by atoms with Crippen LogP contribution >= 0.6 is 11.6 Å². The lowest BCUT2D eigenvalue weighted by Crippen LogP contribution is -2.49. The van der Waals surface area contributed by atoms with Crippen LogP contribution in [0.15, 0.2) is 45.5 Å². The topological polar surface area (TPSA) is 84.5 Å². The molecule has 0 radical (unpaired) electrons. The van der Waals surface area contributed by atoms with Crippen LogP contribution in [0.3, 0.4) is 0 Å². The molecule has 1 aromatic rings. The Morgan fingerprint density at radius 1 is 1.36 bits per heavy atom. The van der Waals surface area contributed by atoms with Crippen molar-refractivity contribution in [2.45, 2.75) is 25.0 Å². The summed E-state index contributed by atoms with van der Waals surface area (Å²) < 4.78 is 11.4. The van der Waals surface area contributed by atoms with Crippen molar-refractivity contribution < 1.29 is 9.47 Å². The molecule has 0 spiro atoms. The smallest absolute Gasteiger partial charge is 0.152 e. The molecule has 1 saturated heterocycles. The number of rotatable bonds is 4. The summed E-state index contributed by atoms with van der Waals surface area (Å²) in [7, 11) is 0. The number of benzene rings is 1. The molecule has 0 amide bonds. The van der Waals surface area contributed by atoms with Gasteiger partial charge in [-0.2, -0.15) is 5.01 Å². The number of fused-ring (bicyclic) bond motifs is 1. The molecule has 1 unspecified atom stereocenters. The number of aliphatic imine (C=N–C) groups is 2. The Morgan fingerprint density at radius 2 is 2.20 bits per heavy atom. The number of hydrogen-bond donors (Lipinski definition) is 2. The van der Waals surface area contributed by atoms with Crippen molar-refractivity contribution in [2.24, 2.45) is 15.7 Å². The summed E-state index contributed by atoms with van der Waals surface area (Å²) in [6.45, 7) is 1.86. The largest absolute Gasteiger partial charge is 0.487 e. The molecule has 3 aliphatic rings. The third-order valence-electron chi connectivity index (χ3n) is 4.55. The minimum Gasteiger partial charge on any atom is -0.487 e. The maximum atomic E-state index is 6.13. The third-order valence-corrected chi connectivity index (χ3v) is 4.79. The van der Waals surface area contributed by atoms with E-state index in [-0.39, 0.29) is 6.17 Å².